The molecule has 3 heterocycles. The molecule has 29 heavy (non-hydrogen) atoms. The summed E-state index contributed by atoms with van der Waals surface area (Å²) in [6, 6.07) is 8.68. The summed E-state index contributed by atoms with van der Waals surface area (Å²) in [5.41, 5.74) is 2.45. The highest BCUT2D eigenvalue weighted by Crippen LogP contribution is 2.38. The molecule has 5 rings (SSSR count). The van der Waals surface area contributed by atoms with Gasteiger partial charge in [-0.3, -0.25) is 9.88 Å². The van der Waals surface area contributed by atoms with E-state index in [-0.39, 0.29) is 12.1 Å². The van der Waals surface area contributed by atoms with Crippen LogP contribution in [0.1, 0.15) is 18.4 Å². The van der Waals surface area contributed by atoms with E-state index < -0.39 is 0 Å². The fourth-order valence-corrected chi connectivity index (χ4v) is 4.86. The Morgan fingerprint density at radius 1 is 1.07 bits per heavy atom. The summed E-state index contributed by atoms with van der Waals surface area (Å²) < 4.78 is 2.03. The second-order valence-electron chi connectivity index (χ2n) is 8.23. The summed E-state index contributed by atoms with van der Waals surface area (Å²) in [4.78, 5) is 15.1. The number of anilines is 1. The van der Waals surface area contributed by atoms with Crippen molar-refractivity contribution in [1.29, 1.82) is 0 Å². The summed E-state index contributed by atoms with van der Waals surface area (Å²) in [5, 5.41) is 14.0. The highest BCUT2D eigenvalue weighted by atomic mass is 16.3. The molecule has 7 heteroatoms. The number of aliphatic hydroxyl groups excluding tert-OH is 1. The summed E-state index contributed by atoms with van der Waals surface area (Å²) in [7, 11) is 0. The van der Waals surface area contributed by atoms with Crippen molar-refractivity contribution in [3.05, 3.63) is 67.1 Å². The Morgan fingerprint density at radius 2 is 1.97 bits per heavy atom. The van der Waals surface area contributed by atoms with Gasteiger partial charge >= 0.3 is 0 Å². The first-order chi connectivity index (χ1) is 14.2. The van der Waals surface area contributed by atoms with Crippen LogP contribution in [0.25, 0.3) is 5.69 Å². The molecule has 1 saturated carbocycles. The van der Waals surface area contributed by atoms with Crippen LogP contribution in [0.5, 0.6) is 0 Å². The van der Waals surface area contributed by atoms with Gasteiger partial charge in [-0.05, 0) is 42.4 Å². The molecule has 150 valence electrons. The van der Waals surface area contributed by atoms with Crippen LogP contribution in [0.4, 0.5) is 5.82 Å². The molecule has 2 fully saturated rings. The van der Waals surface area contributed by atoms with Crippen LogP contribution >= 0.6 is 0 Å². The van der Waals surface area contributed by atoms with Crippen molar-refractivity contribution in [2.24, 2.45) is 11.8 Å². The van der Waals surface area contributed by atoms with Crippen LogP contribution < -0.4 is 5.32 Å². The molecule has 1 saturated heterocycles. The molecular weight excluding hydrogens is 364 g/mol. The molecule has 2 aliphatic rings. The zero-order valence-electron chi connectivity index (χ0n) is 16.3. The van der Waals surface area contributed by atoms with E-state index in [1.165, 1.54) is 5.56 Å². The van der Waals surface area contributed by atoms with Crippen molar-refractivity contribution in [1.82, 2.24) is 24.4 Å². The highest BCUT2D eigenvalue weighted by molar-refractivity contribution is 5.36. The smallest absolute Gasteiger partial charge is 0.144 e. The van der Waals surface area contributed by atoms with Gasteiger partial charge < -0.3 is 15.0 Å². The number of nitrogens with one attached hydrogen (secondary N) is 1. The normalized spacial score (nSPS) is 26.9. The van der Waals surface area contributed by atoms with E-state index in [9.17, 15) is 5.11 Å². The van der Waals surface area contributed by atoms with Gasteiger partial charge in [-0.15, -0.1) is 0 Å². The maximum absolute atomic E-state index is 10.7. The van der Waals surface area contributed by atoms with Gasteiger partial charge in [0.1, 0.15) is 5.82 Å². The number of aliphatic hydroxyl groups is 1. The molecule has 0 unspecified atom stereocenters. The first kappa shape index (κ1) is 18.3. The Bertz CT molecular complexity index is 931. The Hall–Kier alpha value is -2.77. The minimum atomic E-state index is -0.345. The summed E-state index contributed by atoms with van der Waals surface area (Å²) >= 11 is 0. The first-order valence-corrected chi connectivity index (χ1v) is 10.2. The molecule has 0 bridgehead atoms. The highest BCUT2D eigenvalue weighted by Gasteiger charge is 2.41. The molecule has 4 atom stereocenters. The van der Waals surface area contributed by atoms with Crippen molar-refractivity contribution >= 4 is 5.82 Å². The lowest BCUT2D eigenvalue weighted by molar-refractivity contribution is 0.0735. The Morgan fingerprint density at radius 3 is 2.76 bits per heavy atom. The number of fused-ring (bicyclic) bond motifs is 1. The molecule has 1 aliphatic carbocycles. The number of hydrogen-bond donors (Lipinski definition) is 2. The molecule has 1 aromatic carbocycles. The topological polar surface area (TPSA) is 79.1 Å². The van der Waals surface area contributed by atoms with E-state index in [4.69, 9.17) is 0 Å². The lowest BCUT2D eigenvalue weighted by atomic mass is 9.77. The van der Waals surface area contributed by atoms with Gasteiger partial charge in [-0.2, -0.15) is 0 Å². The standard InChI is InChI=1S/C22H26N6O/c29-21-10-18-14-27(12-16-2-1-3-19(8-16)28-7-6-24-15-28)13-17(18)9-20(21)26-22-11-23-4-5-25-22/h1-8,11,15,17-18,20-21,29H,9-10,12-14H2,(H,25,26)/t17-,18+,20-,21-/m1/s1. The van der Waals surface area contributed by atoms with Crippen LogP contribution in [0.15, 0.2) is 61.6 Å². The number of likely N-dealkylation sites (tertiary alicyclic amines) is 1. The Balaban J connectivity index is 1.23. The number of rotatable bonds is 5. The van der Waals surface area contributed by atoms with Crippen molar-refractivity contribution in [3.8, 4) is 5.69 Å². The third-order valence-electron chi connectivity index (χ3n) is 6.23. The number of aromatic nitrogens is 4. The van der Waals surface area contributed by atoms with E-state index in [1.807, 2.05) is 17.1 Å². The van der Waals surface area contributed by atoms with Crippen LogP contribution in [0, 0.1) is 11.8 Å². The lowest BCUT2D eigenvalue weighted by Crippen LogP contribution is -2.43. The maximum Gasteiger partial charge on any atom is 0.144 e. The fraction of sp³-hybridized carbons (Fsp3) is 0.409. The van der Waals surface area contributed by atoms with Crippen molar-refractivity contribution < 1.29 is 5.11 Å². The summed E-state index contributed by atoms with van der Waals surface area (Å²) in [5.74, 6) is 1.90. The van der Waals surface area contributed by atoms with E-state index in [2.05, 4.69) is 49.4 Å². The van der Waals surface area contributed by atoms with E-state index in [0.717, 1.165) is 44.0 Å². The van der Waals surface area contributed by atoms with Crippen LogP contribution in [-0.2, 0) is 6.54 Å². The first-order valence-electron chi connectivity index (χ1n) is 10.2. The SMILES string of the molecule is O[C@@H]1C[C@H]2CN(Cc3cccc(-n4ccnc4)c3)C[C@H]2C[C@H]1Nc1cnccn1. The maximum atomic E-state index is 10.7. The molecule has 2 aromatic heterocycles. The predicted molar refractivity (Wildman–Crippen MR) is 111 cm³/mol. The lowest BCUT2D eigenvalue weighted by Gasteiger charge is -2.35. The quantitative estimate of drug-likeness (QED) is 0.696. The molecule has 0 spiro atoms. The second-order valence-corrected chi connectivity index (χ2v) is 8.23. The number of benzene rings is 1. The molecule has 0 radical (unpaired) electrons. The van der Waals surface area contributed by atoms with Gasteiger partial charge in [0.05, 0.1) is 24.7 Å². The summed E-state index contributed by atoms with van der Waals surface area (Å²) in [6.07, 6.45) is 12.1. The van der Waals surface area contributed by atoms with Gasteiger partial charge in [0.25, 0.3) is 0 Å². The van der Waals surface area contributed by atoms with Crippen LogP contribution in [-0.4, -0.2) is 54.8 Å². The Kier molecular flexibility index (Phi) is 4.99. The average molecular weight is 390 g/mol. The van der Waals surface area contributed by atoms with Crippen molar-refractivity contribution in [3.63, 3.8) is 0 Å². The minimum absolute atomic E-state index is 0.0393. The van der Waals surface area contributed by atoms with E-state index in [1.54, 1.807) is 24.8 Å². The van der Waals surface area contributed by atoms with Gasteiger partial charge in [0.15, 0.2) is 0 Å². The van der Waals surface area contributed by atoms with Crippen molar-refractivity contribution in [2.45, 2.75) is 31.5 Å². The number of imidazole rings is 1. The number of hydrogen-bond acceptors (Lipinski definition) is 6. The monoisotopic (exact) mass is 390 g/mol. The average Bonchev–Trinajstić information content (AvgIpc) is 3.39. The fourth-order valence-electron chi connectivity index (χ4n) is 4.86. The van der Waals surface area contributed by atoms with Crippen LogP contribution in [0.3, 0.4) is 0 Å². The zero-order valence-corrected chi connectivity index (χ0v) is 16.3. The largest absolute Gasteiger partial charge is 0.391 e. The van der Waals surface area contributed by atoms with Gasteiger partial charge in [-0.1, -0.05) is 12.1 Å². The minimum Gasteiger partial charge on any atom is -0.391 e. The third kappa shape index (κ3) is 4.02. The van der Waals surface area contributed by atoms with Gasteiger partial charge in [-0.25, -0.2) is 9.97 Å². The zero-order chi connectivity index (χ0) is 19.6. The molecule has 0 amide bonds. The second kappa shape index (κ2) is 7.93. The van der Waals surface area contributed by atoms with E-state index >= 15 is 0 Å². The Labute approximate surface area is 170 Å². The molecule has 3 aromatic rings. The third-order valence-corrected chi connectivity index (χ3v) is 6.23. The summed E-state index contributed by atoms with van der Waals surface area (Å²) in [6.45, 7) is 3.06. The molecule has 1 aliphatic heterocycles. The van der Waals surface area contributed by atoms with Gasteiger partial charge in [0, 0.05) is 50.1 Å². The van der Waals surface area contributed by atoms with Gasteiger partial charge in [0.2, 0.25) is 0 Å². The van der Waals surface area contributed by atoms with Crippen LogP contribution in [0.2, 0.25) is 0 Å². The number of nitrogens with zero attached hydrogens (tertiary/aromatic N) is 5. The molecule has 7 nitrogen and oxygen atoms in total. The van der Waals surface area contributed by atoms with Crippen molar-refractivity contribution in [2.75, 3.05) is 18.4 Å². The predicted octanol–water partition coefficient (Wildman–Crippen LogP) is 2.35. The molecular formula is C22H26N6O. The van der Waals surface area contributed by atoms with E-state index in [0.29, 0.717) is 11.8 Å². The molecule has 2 N–H and O–H groups in total.